The van der Waals surface area contributed by atoms with Gasteiger partial charge in [-0.15, -0.1) is 24.0 Å². The predicted octanol–water partition coefficient (Wildman–Crippen LogP) is 1.49. The molecule has 142 valence electrons. The largest absolute Gasteiger partial charge is 0.481 e. The van der Waals surface area contributed by atoms with Crippen molar-refractivity contribution in [3.8, 4) is 5.88 Å². The number of methoxy groups -OCH3 is 1. The minimum absolute atomic E-state index is 0. The van der Waals surface area contributed by atoms with Crippen LogP contribution in [0.1, 0.15) is 18.9 Å². The molecule has 2 rings (SSSR count). The van der Waals surface area contributed by atoms with Crippen LogP contribution in [0.15, 0.2) is 23.3 Å². The van der Waals surface area contributed by atoms with E-state index in [1.54, 1.807) is 13.3 Å². The van der Waals surface area contributed by atoms with Crippen LogP contribution in [0.3, 0.4) is 0 Å². The lowest BCUT2D eigenvalue weighted by Gasteiger charge is -2.26. The van der Waals surface area contributed by atoms with Crippen molar-refractivity contribution in [1.82, 2.24) is 20.5 Å². The van der Waals surface area contributed by atoms with Gasteiger partial charge in [0.05, 0.1) is 26.9 Å². The van der Waals surface area contributed by atoms with Gasteiger partial charge in [0.15, 0.2) is 5.96 Å². The van der Waals surface area contributed by atoms with Crippen LogP contribution < -0.4 is 15.4 Å². The Morgan fingerprint density at radius 2 is 2.16 bits per heavy atom. The maximum absolute atomic E-state index is 5.37. The van der Waals surface area contributed by atoms with Gasteiger partial charge >= 0.3 is 0 Å². The maximum atomic E-state index is 5.37. The standard InChI is InChI=1S/C17H29N5O2.HI/c1-3-18-17(20-8-5-9-22-10-12-24-13-11-22)21-14-15-6-4-7-19-16(15)23-2;/h4,6-7H,3,5,8-14H2,1-2H3,(H2,18,20,21);1H. The third-order valence-corrected chi connectivity index (χ3v) is 3.84. The first kappa shape index (κ1) is 21.9. The Bertz CT molecular complexity index is 510. The van der Waals surface area contributed by atoms with Gasteiger partial charge in [0.1, 0.15) is 0 Å². The molecule has 0 saturated carbocycles. The van der Waals surface area contributed by atoms with Crippen LogP contribution in [0.4, 0.5) is 0 Å². The molecule has 0 radical (unpaired) electrons. The highest BCUT2D eigenvalue weighted by atomic mass is 127. The van der Waals surface area contributed by atoms with Crippen LogP contribution in [0.2, 0.25) is 0 Å². The molecule has 1 aliphatic heterocycles. The van der Waals surface area contributed by atoms with Gasteiger partial charge in [0.25, 0.3) is 0 Å². The molecule has 1 aromatic rings. The van der Waals surface area contributed by atoms with Crippen LogP contribution in [0.5, 0.6) is 5.88 Å². The number of halogens is 1. The smallest absolute Gasteiger partial charge is 0.218 e. The number of morpholine rings is 1. The van der Waals surface area contributed by atoms with Gasteiger partial charge in [-0.25, -0.2) is 9.98 Å². The zero-order valence-corrected chi connectivity index (χ0v) is 17.5. The summed E-state index contributed by atoms with van der Waals surface area (Å²) in [5, 5.41) is 6.66. The first-order valence-corrected chi connectivity index (χ1v) is 8.63. The molecule has 7 nitrogen and oxygen atoms in total. The van der Waals surface area contributed by atoms with E-state index in [-0.39, 0.29) is 24.0 Å². The lowest BCUT2D eigenvalue weighted by molar-refractivity contribution is 0.0376. The second kappa shape index (κ2) is 13.1. The average Bonchev–Trinajstić information content (AvgIpc) is 2.64. The summed E-state index contributed by atoms with van der Waals surface area (Å²) < 4.78 is 10.6. The van der Waals surface area contributed by atoms with Crippen molar-refractivity contribution < 1.29 is 9.47 Å². The van der Waals surface area contributed by atoms with E-state index in [1.165, 1.54) is 0 Å². The van der Waals surface area contributed by atoms with Crippen LogP contribution in [-0.2, 0) is 11.3 Å². The zero-order chi connectivity index (χ0) is 17.0. The van der Waals surface area contributed by atoms with Crippen molar-refractivity contribution in [2.24, 2.45) is 4.99 Å². The van der Waals surface area contributed by atoms with Crippen LogP contribution in [-0.4, -0.2) is 68.9 Å². The van der Waals surface area contributed by atoms with E-state index in [4.69, 9.17) is 9.47 Å². The van der Waals surface area contributed by atoms with Crippen molar-refractivity contribution in [2.75, 3.05) is 53.0 Å². The molecule has 0 aliphatic carbocycles. The zero-order valence-electron chi connectivity index (χ0n) is 15.2. The van der Waals surface area contributed by atoms with E-state index in [9.17, 15) is 0 Å². The summed E-state index contributed by atoms with van der Waals surface area (Å²) in [6.45, 7) is 9.20. The summed E-state index contributed by atoms with van der Waals surface area (Å²) in [5.74, 6) is 1.45. The summed E-state index contributed by atoms with van der Waals surface area (Å²) >= 11 is 0. The number of aliphatic imine (C=N–C) groups is 1. The molecular weight excluding hydrogens is 433 g/mol. The number of pyridine rings is 1. The van der Waals surface area contributed by atoms with E-state index < -0.39 is 0 Å². The lowest BCUT2D eigenvalue weighted by atomic mass is 10.3. The van der Waals surface area contributed by atoms with Crippen molar-refractivity contribution in [1.29, 1.82) is 0 Å². The summed E-state index contributed by atoms with van der Waals surface area (Å²) in [6, 6.07) is 3.88. The number of hydrogen-bond donors (Lipinski definition) is 2. The Morgan fingerprint density at radius 1 is 1.36 bits per heavy atom. The third kappa shape index (κ3) is 8.19. The van der Waals surface area contributed by atoms with Gasteiger partial charge in [0.2, 0.25) is 5.88 Å². The van der Waals surface area contributed by atoms with Gasteiger partial charge in [-0.05, 0) is 26.0 Å². The normalized spacial score (nSPS) is 15.4. The second-order valence-electron chi connectivity index (χ2n) is 5.60. The van der Waals surface area contributed by atoms with Crippen LogP contribution >= 0.6 is 24.0 Å². The summed E-state index contributed by atoms with van der Waals surface area (Å²) in [4.78, 5) is 11.3. The number of ether oxygens (including phenoxy) is 2. The number of rotatable bonds is 8. The Hall–Kier alpha value is -1.13. The summed E-state index contributed by atoms with van der Waals surface area (Å²) in [7, 11) is 1.63. The number of nitrogens with zero attached hydrogens (tertiary/aromatic N) is 3. The predicted molar refractivity (Wildman–Crippen MR) is 111 cm³/mol. The lowest BCUT2D eigenvalue weighted by Crippen LogP contribution is -2.40. The molecule has 2 heterocycles. The number of aromatic nitrogens is 1. The first-order valence-electron chi connectivity index (χ1n) is 8.63. The molecular formula is C17H30IN5O2. The summed E-state index contributed by atoms with van der Waals surface area (Å²) in [6.07, 6.45) is 2.81. The summed E-state index contributed by atoms with van der Waals surface area (Å²) in [5.41, 5.74) is 0.977. The molecule has 0 atom stereocenters. The fourth-order valence-corrected chi connectivity index (χ4v) is 2.57. The minimum atomic E-state index is 0. The first-order chi connectivity index (χ1) is 11.8. The monoisotopic (exact) mass is 463 g/mol. The Morgan fingerprint density at radius 3 is 2.88 bits per heavy atom. The molecule has 0 amide bonds. The van der Waals surface area contributed by atoms with Crippen LogP contribution in [0, 0.1) is 0 Å². The topological polar surface area (TPSA) is 71.0 Å². The van der Waals surface area contributed by atoms with E-state index >= 15 is 0 Å². The van der Waals surface area contributed by atoms with Crippen molar-refractivity contribution in [2.45, 2.75) is 19.9 Å². The molecule has 25 heavy (non-hydrogen) atoms. The number of guanidine groups is 1. The molecule has 1 fully saturated rings. The third-order valence-electron chi connectivity index (χ3n) is 3.84. The SMILES string of the molecule is CCNC(=NCc1cccnc1OC)NCCCN1CCOCC1.I. The van der Waals surface area contributed by atoms with Gasteiger partial charge < -0.3 is 20.1 Å². The fourth-order valence-electron chi connectivity index (χ4n) is 2.57. The molecule has 0 aromatic carbocycles. The Labute approximate surface area is 167 Å². The maximum Gasteiger partial charge on any atom is 0.218 e. The molecule has 0 bridgehead atoms. The van der Waals surface area contributed by atoms with Gasteiger partial charge in [0, 0.05) is 37.9 Å². The van der Waals surface area contributed by atoms with Crippen molar-refractivity contribution in [3.63, 3.8) is 0 Å². The average molecular weight is 463 g/mol. The van der Waals surface area contributed by atoms with E-state index in [0.29, 0.717) is 12.4 Å². The van der Waals surface area contributed by atoms with Gasteiger partial charge in [-0.2, -0.15) is 0 Å². The Kier molecular flexibility index (Phi) is 11.5. The molecule has 1 aromatic heterocycles. The molecule has 1 aliphatic rings. The van der Waals surface area contributed by atoms with Crippen molar-refractivity contribution >= 4 is 29.9 Å². The van der Waals surface area contributed by atoms with E-state index in [2.05, 4.69) is 32.4 Å². The van der Waals surface area contributed by atoms with Crippen LogP contribution in [0.25, 0.3) is 0 Å². The number of hydrogen-bond acceptors (Lipinski definition) is 5. The fraction of sp³-hybridized carbons (Fsp3) is 0.647. The van der Waals surface area contributed by atoms with Gasteiger partial charge in [-0.3, -0.25) is 4.90 Å². The van der Waals surface area contributed by atoms with E-state index in [1.807, 2.05) is 12.1 Å². The molecule has 0 spiro atoms. The van der Waals surface area contributed by atoms with E-state index in [0.717, 1.165) is 63.9 Å². The van der Waals surface area contributed by atoms with Crippen molar-refractivity contribution in [3.05, 3.63) is 23.9 Å². The molecule has 2 N–H and O–H groups in total. The Balaban J connectivity index is 0.00000312. The highest BCUT2D eigenvalue weighted by Crippen LogP contribution is 2.14. The quantitative estimate of drug-likeness (QED) is 0.264. The second-order valence-corrected chi connectivity index (χ2v) is 5.60. The highest BCUT2D eigenvalue weighted by molar-refractivity contribution is 14.0. The molecule has 8 heteroatoms. The molecule has 0 unspecified atom stereocenters. The highest BCUT2D eigenvalue weighted by Gasteiger charge is 2.09. The van der Waals surface area contributed by atoms with Gasteiger partial charge in [-0.1, -0.05) is 6.07 Å². The molecule has 1 saturated heterocycles. The number of nitrogens with one attached hydrogen (secondary N) is 2. The minimum Gasteiger partial charge on any atom is -0.481 e.